The van der Waals surface area contributed by atoms with Gasteiger partial charge in [-0.25, -0.2) is 9.59 Å². The van der Waals surface area contributed by atoms with Crippen molar-refractivity contribution in [1.82, 2.24) is 0 Å². The molecular formula is C14H20O6. The Morgan fingerprint density at radius 3 is 2.40 bits per heavy atom. The lowest BCUT2D eigenvalue weighted by Gasteiger charge is -2.37. The van der Waals surface area contributed by atoms with E-state index >= 15 is 0 Å². The van der Waals surface area contributed by atoms with E-state index in [0.717, 1.165) is 25.7 Å². The normalized spacial score (nSPS) is 21.6. The molecule has 0 amide bonds. The maximum Gasteiger partial charge on any atom is 0.344 e. The summed E-state index contributed by atoms with van der Waals surface area (Å²) in [5.41, 5.74) is 0.241. The highest BCUT2D eigenvalue weighted by atomic mass is 16.7. The van der Waals surface area contributed by atoms with Crippen LogP contribution in [-0.2, 0) is 28.5 Å². The average molecular weight is 284 g/mol. The van der Waals surface area contributed by atoms with E-state index in [1.54, 1.807) is 0 Å². The molecule has 0 radical (unpaired) electrons. The van der Waals surface area contributed by atoms with E-state index in [1.807, 2.05) is 0 Å². The van der Waals surface area contributed by atoms with Gasteiger partial charge in [-0.05, 0) is 19.8 Å². The Morgan fingerprint density at radius 2 is 1.85 bits per heavy atom. The predicted molar refractivity (Wildman–Crippen MR) is 68.8 cm³/mol. The van der Waals surface area contributed by atoms with E-state index in [-0.39, 0.29) is 5.57 Å². The van der Waals surface area contributed by atoms with Crippen molar-refractivity contribution in [1.29, 1.82) is 0 Å². The monoisotopic (exact) mass is 284 g/mol. The molecule has 0 aromatic carbocycles. The molecule has 20 heavy (non-hydrogen) atoms. The van der Waals surface area contributed by atoms with Gasteiger partial charge in [-0.2, -0.15) is 0 Å². The summed E-state index contributed by atoms with van der Waals surface area (Å²) in [4.78, 5) is 22.6. The van der Waals surface area contributed by atoms with Crippen LogP contribution in [-0.4, -0.2) is 43.7 Å². The second kappa shape index (κ2) is 6.37. The van der Waals surface area contributed by atoms with Crippen molar-refractivity contribution in [2.24, 2.45) is 0 Å². The zero-order valence-corrected chi connectivity index (χ0v) is 11.7. The third-order valence-corrected chi connectivity index (χ3v) is 3.40. The van der Waals surface area contributed by atoms with Crippen LogP contribution in [0.2, 0.25) is 0 Å². The summed E-state index contributed by atoms with van der Waals surface area (Å²) in [5.74, 6) is -1.68. The Labute approximate surface area is 118 Å². The van der Waals surface area contributed by atoms with Crippen LogP contribution in [0.1, 0.15) is 32.6 Å². The molecule has 1 saturated heterocycles. The van der Waals surface area contributed by atoms with E-state index in [2.05, 4.69) is 6.58 Å². The van der Waals surface area contributed by atoms with Crippen molar-refractivity contribution < 1.29 is 28.5 Å². The van der Waals surface area contributed by atoms with Gasteiger partial charge in [0.15, 0.2) is 12.4 Å². The van der Waals surface area contributed by atoms with Gasteiger partial charge in [0.25, 0.3) is 0 Å². The van der Waals surface area contributed by atoms with Gasteiger partial charge in [0.1, 0.15) is 6.10 Å². The third-order valence-electron chi connectivity index (χ3n) is 3.40. The summed E-state index contributed by atoms with van der Waals surface area (Å²) < 4.78 is 21.2. The highest BCUT2D eigenvalue weighted by Crippen LogP contribution is 2.36. The maximum atomic E-state index is 11.5. The van der Waals surface area contributed by atoms with Crippen molar-refractivity contribution in [2.75, 3.05) is 19.8 Å². The van der Waals surface area contributed by atoms with Crippen LogP contribution in [0.15, 0.2) is 12.2 Å². The number of ether oxygens (including phenoxy) is 4. The molecule has 1 aliphatic heterocycles. The zero-order chi connectivity index (χ0) is 14.6. The number of rotatable bonds is 4. The predicted octanol–water partition coefficient (Wildman–Crippen LogP) is 1.33. The quantitative estimate of drug-likeness (QED) is 0.573. The average Bonchev–Trinajstić information content (AvgIpc) is 2.87. The van der Waals surface area contributed by atoms with Crippen molar-refractivity contribution in [3.63, 3.8) is 0 Å². The molecule has 1 aliphatic carbocycles. The van der Waals surface area contributed by atoms with Gasteiger partial charge in [0.05, 0.1) is 13.2 Å². The fourth-order valence-corrected chi connectivity index (χ4v) is 2.32. The number of carbonyl (C=O) groups is 2. The second-order valence-electron chi connectivity index (χ2n) is 5.21. The molecule has 112 valence electrons. The van der Waals surface area contributed by atoms with E-state index in [4.69, 9.17) is 18.9 Å². The summed E-state index contributed by atoms with van der Waals surface area (Å²) in [6, 6.07) is 0. The van der Waals surface area contributed by atoms with E-state index in [9.17, 15) is 9.59 Å². The zero-order valence-electron chi connectivity index (χ0n) is 11.7. The van der Waals surface area contributed by atoms with Crippen LogP contribution in [0.5, 0.6) is 0 Å². The molecule has 6 heteroatoms. The molecule has 2 fully saturated rings. The molecule has 0 aromatic rings. The minimum Gasteiger partial charge on any atom is -0.455 e. The Hall–Kier alpha value is -1.40. The van der Waals surface area contributed by atoms with Gasteiger partial charge >= 0.3 is 11.9 Å². The van der Waals surface area contributed by atoms with Crippen LogP contribution in [0, 0.1) is 0 Å². The molecule has 1 saturated carbocycles. The lowest BCUT2D eigenvalue weighted by atomic mass is 10.2. The summed E-state index contributed by atoms with van der Waals surface area (Å²) >= 11 is 0. The first kappa shape index (κ1) is 15.0. The fourth-order valence-electron chi connectivity index (χ4n) is 2.32. The first-order valence-corrected chi connectivity index (χ1v) is 6.81. The third kappa shape index (κ3) is 3.80. The van der Waals surface area contributed by atoms with Gasteiger partial charge in [-0.3, -0.25) is 0 Å². The minimum absolute atomic E-state index is 0.241. The van der Waals surface area contributed by atoms with Crippen LogP contribution in [0.4, 0.5) is 0 Å². The van der Waals surface area contributed by atoms with Crippen molar-refractivity contribution in [3.8, 4) is 0 Å². The second-order valence-corrected chi connectivity index (χ2v) is 5.21. The van der Waals surface area contributed by atoms with Gasteiger partial charge in [-0.1, -0.05) is 6.58 Å². The van der Waals surface area contributed by atoms with Gasteiger partial charge < -0.3 is 18.9 Å². The van der Waals surface area contributed by atoms with E-state index in [1.165, 1.54) is 6.92 Å². The van der Waals surface area contributed by atoms with Crippen LogP contribution in [0.3, 0.4) is 0 Å². The first-order chi connectivity index (χ1) is 9.51. The summed E-state index contributed by atoms with van der Waals surface area (Å²) in [6.45, 7) is 5.15. The molecule has 2 rings (SSSR count). The Balaban J connectivity index is 1.68. The SMILES string of the molecule is C=C(C)C(=O)OCC(=O)OC1COC2(CCCC2)OC1. The molecule has 1 heterocycles. The standard InChI is InChI=1S/C14H20O6/c1-10(2)13(16)17-9-12(15)20-11-7-18-14(19-8-11)5-3-4-6-14/h11H,1,3-9H2,2H3. The molecular weight excluding hydrogens is 264 g/mol. The van der Waals surface area contributed by atoms with Crippen molar-refractivity contribution >= 4 is 11.9 Å². The molecule has 0 aromatic heterocycles. The highest BCUT2D eigenvalue weighted by Gasteiger charge is 2.41. The molecule has 2 aliphatic rings. The van der Waals surface area contributed by atoms with Gasteiger partial charge in [0.2, 0.25) is 0 Å². The first-order valence-electron chi connectivity index (χ1n) is 6.81. The fraction of sp³-hybridized carbons (Fsp3) is 0.714. The molecule has 1 spiro atoms. The lowest BCUT2D eigenvalue weighted by Crippen LogP contribution is -2.46. The molecule has 6 nitrogen and oxygen atoms in total. The molecule has 0 atom stereocenters. The summed E-state index contributed by atoms with van der Waals surface area (Å²) in [5, 5.41) is 0. The van der Waals surface area contributed by atoms with Crippen LogP contribution >= 0.6 is 0 Å². The van der Waals surface area contributed by atoms with Crippen LogP contribution < -0.4 is 0 Å². The Morgan fingerprint density at radius 1 is 1.25 bits per heavy atom. The Bertz CT molecular complexity index is 386. The smallest absolute Gasteiger partial charge is 0.344 e. The van der Waals surface area contributed by atoms with E-state index < -0.39 is 30.4 Å². The maximum absolute atomic E-state index is 11.5. The molecule has 0 N–H and O–H groups in total. The van der Waals surface area contributed by atoms with E-state index in [0.29, 0.717) is 13.2 Å². The Kier molecular flexibility index (Phi) is 4.77. The number of hydrogen-bond acceptors (Lipinski definition) is 6. The van der Waals surface area contributed by atoms with Crippen molar-refractivity contribution in [3.05, 3.63) is 12.2 Å². The summed E-state index contributed by atoms with van der Waals surface area (Å²) in [7, 11) is 0. The lowest BCUT2D eigenvalue weighted by molar-refractivity contribution is -0.290. The largest absolute Gasteiger partial charge is 0.455 e. The van der Waals surface area contributed by atoms with Crippen LogP contribution in [0.25, 0.3) is 0 Å². The summed E-state index contributed by atoms with van der Waals surface area (Å²) in [6.07, 6.45) is 3.54. The van der Waals surface area contributed by atoms with Gasteiger partial charge in [0, 0.05) is 18.4 Å². The number of esters is 2. The molecule has 0 unspecified atom stereocenters. The number of hydrogen-bond donors (Lipinski definition) is 0. The van der Waals surface area contributed by atoms with Crippen molar-refractivity contribution in [2.45, 2.75) is 44.5 Å². The number of carbonyl (C=O) groups excluding carboxylic acids is 2. The topological polar surface area (TPSA) is 71.1 Å². The molecule has 0 bridgehead atoms. The highest BCUT2D eigenvalue weighted by molar-refractivity contribution is 5.88. The van der Waals surface area contributed by atoms with Gasteiger partial charge in [-0.15, -0.1) is 0 Å². The minimum atomic E-state index is -0.612.